The molecule has 26 heavy (non-hydrogen) atoms. The van der Waals surface area contributed by atoms with Gasteiger partial charge in [-0.1, -0.05) is 17.7 Å². The third kappa shape index (κ3) is 3.73. The van der Waals surface area contributed by atoms with E-state index >= 15 is 0 Å². The maximum atomic E-state index is 12.5. The summed E-state index contributed by atoms with van der Waals surface area (Å²) < 4.78 is 33.1. The summed E-state index contributed by atoms with van der Waals surface area (Å²) in [7, 11) is -3.66. The Balaban J connectivity index is 1.62. The van der Waals surface area contributed by atoms with Crippen LogP contribution in [0.2, 0.25) is 0 Å². The Kier molecular flexibility index (Phi) is 5.02. The van der Waals surface area contributed by atoms with E-state index < -0.39 is 10.0 Å². The van der Waals surface area contributed by atoms with Crippen LogP contribution < -0.4 is 14.8 Å². The van der Waals surface area contributed by atoms with Gasteiger partial charge in [-0.25, -0.2) is 13.1 Å². The van der Waals surface area contributed by atoms with Crippen LogP contribution in [-0.2, 0) is 14.8 Å². The van der Waals surface area contributed by atoms with Gasteiger partial charge in [0, 0.05) is 12.2 Å². The van der Waals surface area contributed by atoms with Crippen molar-refractivity contribution < 1.29 is 17.9 Å². The third-order valence-electron chi connectivity index (χ3n) is 4.43. The molecular weight excluding hydrogens is 352 g/mol. The topological polar surface area (TPSA) is 84.5 Å². The van der Waals surface area contributed by atoms with Gasteiger partial charge in [-0.3, -0.25) is 4.79 Å². The van der Waals surface area contributed by atoms with Gasteiger partial charge >= 0.3 is 0 Å². The number of anilines is 1. The first-order chi connectivity index (χ1) is 12.3. The second-order valence-corrected chi connectivity index (χ2v) is 8.24. The molecule has 3 rings (SSSR count). The van der Waals surface area contributed by atoms with Gasteiger partial charge in [-0.2, -0.15) is 0 Å². The molecule has 0 saturated heterocycles. The van der Waals surface area contributed by atoms with Crippen LogP contribution in [0, 0.1) is 13.8 Å². The van der Waals surface area contributed by atoms with E-state index in [0.29, 0.717) is 11.3 Å². The van der Waals surface area contributed by atoms with Gasteiger partial charge in [0.25, 0.3) is 0 Å². The number of hydrogen-bond acceptors (Lipinski definition) is 4. The highest BCUT2D eigenvalue weighted by Gasteiger charge is 2.28. The van der Waals surface area contributed by atoms with Crippen molar-refractivity contribution in [2.24, 2.45) is 0 Å². The zero-order valence-corrected chi connectivity index (χ0v) is 15.8. The molecule has 1 aliphatic heterocycles. The van der Waals surface area contributed by atoms with Crippen LogP contribution in [-0.4, -0.2) is 27.5 Å². The number of ether oxygens (including phenoxy) is 1. The third-order valence-corrected chi connectivity index (χ3v) is 5.89. The second kappa shape index (κ2) is 7.09. The van der Waals surface area contributed by atoms with Gasteiger partial charge in [0.1, 0.15) is 12.4 Å². The highest BCUT2D eigenvalue weighted by molar-refractivity contribution is 7.89. The van der Waals surface area contributed by atoms with Crippen molar-refractivity contribution in [3.63, 3.8) is 0 Å². The summed E-state index contributed by atoms with van der Waals surface area (Å²) in [4.78, 5) is 11.8. The second-order valence-electron chi connectivity index (χ2n) is 6.48. The van der Waals surface area contributed by atoms with Gasteiger partial charge in [0.05, 0.1) is 10.8 Å². The molecule has 1 heterocycles. The lowest BCUT2D eigenvalue weighted by molar-refractivity contribution is -0.116. The minimum atomic E-state index is -3.66. The fourth-order valence-electron chi connectivity index (χ4n) is 2.94. The van der Waals surface area contributed by atoms with E-state index in [1.807, 2.05) is 32.0 Å². The van der Waals surface area contributed by atoms with Crippen LogP contribution in [0.1, 0.15) is 29.5 Å². The van der Waals surface area contributed by atoms with Crippen LogP contribution in [0.4, 0.5) is 5.69 Å². The molecule has 2 aromatic rings. The van der Waals surface area contributed by atoms with Crippen LogP contribution >= 0.6 is 0 Å². The highest BCUT2D eigenvalue weighted by Crippen LogP contribution is 2.33. The Bertz CT molecular complexity index is 954. The van der Waals surface area contributed by atoms with E-state index in [4.69, 9.17) is 4.74 Å². The minimum absolute atomic E-state index is 0.121. The Hall–Kier alpha value is -2.38. The fourth-order valence-corrected chi connectivity index (χ4v) is 3.99. The molecule has 0 fully saturated rings. The van der Waals surface area contributed by atoms with Gasteiger partial charge in [0.2, 0.25) is 15.9 Å². The zero-order valence-electron chi connectivity index (χ0n) is 15.0. The van der Waals surface area contributed by atoms with Crippen molar-refractivity contribution in [2.45, 2.75) is 31.6 Å². The molecule has 7 heteroatoms. The minimum Gasteiger partial charge on any atom is -0.492 e. The van der Waals surface area contributed by atoms with Crippen molar-refractivity contribution in [3.8, 4) is 5.75 Å². The van der Waals surface area contributed by atoms with Crippen LogP contribution in [0.3, 0.4) is 0 Å². The molecule has 0 bridgehead atoms. The molecule has 1 amide bonds. The molecule has 1 aliphatic rings. The summed E-state index contributed by atoms with van der Waals surface area (Å²) in [6.07, 6.45) is 0. The summed E-state index contributed by atoms with van der Waals surface area (Å²) in [6.45, 7) is 6.09. The number of carbonyl (C=O) groups is 1. The molecule has 0 spiro atoms. The fraction of sp³-hybridized carbons (Fsp3) is 0.316. The van der Waals surface area contributed by atoms with Crippen molar-refractivity contribution in [3.05, 3.63) is 53.1 Å². The number of rotatable bonds is 6. The smallest absolute Gasteiger partial charge is 0.240 e. The first kappa shape index (κ1) is 18.4. The summed E-state index contributed by atoms with van der Waals surface area (Å²) >= 11 is 0. The lowest BCUT2D eigenvalue weighted by Crippen LogP contribution is -2.28. The quantitative estimate of drug-likeness (QED) is 0.762. The Labute approximate surface area is 153 Å². The van der Waals surface area contributed by atoms with E-state index in [1.165, 1.54) is 6.07 Å². The van der Waals surface area contributed by atoms with Crippen molar-refractivity contribution in [1.82, 2.24) is 4.72 Å². The van der Waals surface area contributed by atoms with Crippen LogP contribution in [0.5, 0.6) is 5.75 Å². The van der Waals surface area contributed by atoms with E-state index in [1.54, 1.807) is 19.1 Å². The van der Waals surface area contributed by atoms with E-state index in [2.05, 4.69) is 10.0 Å². The maximum Gasteiger partial charge on any atom is 0.240 e. The Morgan fingerprint density at radius 3 is 2.65 bits per heavy atom. The molecule has 0 radical (unpaired) electrons. The van der Waals surface area contributed by atoms with Crippen molar-refractivity contribution in [1.29, 1.82) is 0 Å². The molecular formula is C19H22N2O4S. The Morgan fingerprint density at radius 2 is 1.92 bits per heavy atom. The summed E-state index contributed by atoms with van der Waals surface area (Å²) in [5, 5.41) is 2.73. The zero-order chi connectivity index (χ0) is 18.9. The van der Waals surface area contributed by atoms with Gasteiger partial charge in [0.15, 0.2) is 0 Å². The van der Waals surface area contributed by atoms with Crippen LogP contribution in [0.15, 0.2) is 41.3 Å². The van der Waals surface area contributed by atoms with Gasteiger partial charge < -0.3 is 10.1 Å². The number of hydrogen-bond donors (Lipinski definition) is 2. The molecule has 6 nitrogen and oxygen atoms in total. The maximum absolute atomic E-state index is 12.5. The summed E-state index contributed by atoms with van der Waals surface area (Å²) in [6, 6.07) is 10.5. The predicted octanol–water partition coefficient (Wildman–Crippen LogP) is 2.72. The first-order valence-electron chi connectivity index (χ1n) is 8.42. The van der Waals surface area contributed by atoms with Gasteiger partial charge in [-0.15, -0.1) is 0 Å². The number of benzene rings is 2. The molecule has 138 valence electrons. The Morgan fingerprint density at radius 1 is 1.15 bits per heavy atom. The standard InChI is InChI=1S/C19H22N2O4S/c1-12-4-7-18(13(2)10-12)25-9-8-20-26(23,24)15-5-6-17-16(11-15)14(3)19(22)21-17/h4-7,10-11,14,20H,8-9H2,1-3H3,(H,21,22)/t14-/m0/s1. The predicted molar refractivity (Wildman–Crippen MR) is 100 cm³/mol. The number of carbonyl (C=O) groups excluding carboxylic acids is 1. The number of sulfonamides is 1. The van der Waals surface area contributed by atoms with Gasteiger partial charge in [-0.05, 0) is 56.2 Å². The van der Waals surface area contributed by atoms with E-state index in [0.717, 1.165) is 16.9 Å². The molecule has 0 aromatic heterocycles. The summed E-state index contributed by atoms with van der Waals surface area (Å²) in [5.74, 6) is 0.267. The van der Waals surface area contributed by atoms with E-state index in [9.17, 15) is 13.2 Å². The lowest BCUT2D eigenvalue weighted by atomic mass is 10.0. The largest absolute Gasteiger partial charge is 0.492 e. The highest BCUT2D eigenvalue weighted by atomic mass is 32.2. The van der Waals surface area contributed by atoms with Crippen molar-refractivity contribution in [2.75, 3.05) is 18.5 Å². The van der Waals surface area contributed by atoms with Crippen LogP contribution in [0.25, 0.3) is 0 Å². The monoisotopic (exact) mass is 374 g/mol. The average Bonchev–Trinajstić information content (AvgIpc) is 2.87. The average molecular weight is 374 g/mol. The molecule has 2 N–H and O–H groups in total. The number of amides is 1. The first-order valence-corrected chi connectivity index (χ1v) is 9.91. The molecule has 0 saturated carbocycles. The SMILES string of the molecule is Cc1ccc(OCCNS(=O)(=O)c2ccc3c(c2)[C@H](C)C(=O)N3)c(C)c1. The molecule has 0 aliphatic carbocycles. The van der Waals surface area contributed by atoms with Crippen molar-refractivity contribution >= 4 is 21.6 Å². The number of nitrogens with one attached hydrogen (secondary N) is 2. The molecule has 0 unspecified atom stereocenters. The normalized spacial score (nSPS) is 16.3. The molecule has 1 atom stereocenters. The molecule has 2 aromatic carbocycles. The number of fused-ring (bicyclic) bond motifs is 1. The lowest BCUT2D eigenvalue weighted by Gasteiger charge is -2.11. The number of aryl methyl sites for hydroxylation is 2. The van der Waals surface area contributed by atoms with E-state index in [-0.39, 0.29) is 29.9 Å². The summed E-state index contributed by atoms with van der Waals surface area (Å²) in [5.41, 5.74) is 3.52.